The molecular weight excluding hydrogens is 753 g/mol. The molecule has 0 amide bonds. The molecule has 0 fully saturated rings. The van der Waals surface area contributed by atoms with Gasteiger partial charge in [-0.1, -0.05) is 87.4 Å². The lowest BCUT2D eigenvalue weighted by molar-refractivity contribution is -0.0283. The number of hydrogen-bond acceptors (Lipinski definition) is 13. The van der Waals surface area contributed by atoms with Crippen molar-refractivity contribution in [1.29, 1.82) is 0 Å². The summed E-state index contributed by atoms with van der Waals surface area (Å²) in [5, 5.41) is 2.47. The van der Waals surface area contributed by atoms with E-state index >= 15 is 0 Å². The smallest absolute Gasteiger partial charge is 0.261 e. The van der Waals surface area contributed by atoms with Crippen LogP contribution in [0.25, 0.3) is 0 Å². The maximum atomic E-state index is 6.85. The molecule has 324 valence electrons. The maximum absolute atomic E-state index is 6.85. The Balaban J connectivity index is 1.27. The fourth-order valence-electron chi connectivity index (χ4n) is 5.57. The van der Waals surface area contributed by atoms with Gasteiger partial charge in [0.2, 0.25) is 0 Å². The van der Waals surface area contributed by atoms with Crippen LogP contribution in [0.5, 0.6) is 0 Å². The minimum atomic E-state index is -2.54. The van der Waals surface area contributed by atoms with E-state index in [2.05, 4.69) is 87.4 Å². The molecule has 2 aromatic carbocycles. The van der Waals surface area contributed by atoms with Gasteiger partial charge in [0.05, 0.1) is 159 Å². The van der Waals surface area contributed by atoms with Gasteiger partial charge in [-0.25, -0.2) is 0 Å². The van der Waals surface area contributed by atoms with Crippen LogP contribution in [0.2, 0.25) is 5.04 Å². The van der Waals surface area contributed by atoms with E-state index in [1.54, 1.807) is 0 Å². The second-order valence-electron chi connectivity index (χ2n) is 13.5. The molecule has 2 aromatic rings. The molecule has 0 aliphatic carbocycles. The van der Waals surface area contributed by atoms with E-state index in [1.165, 1.54) is 10.4 Å². The third-order valence-corrected chi connectivity index (χ3v) is 13.3. The zero-order valence-corrected chi connectivity index (χ0v) is 35.8. The fourth-order valence-corrected chi connectivity index (χ4v) is 10.1. The summed E-state index contributed by atoms with van der Waals surface area (Å²) in [5.74, 6) is 2.40. The van der Waals surface area contributed by atoms with E-state index in [0.29, 0.717) is 165 Å². The molecule has 0 atom stereocenters. The van der Waals surface area contributed by atoms with Gasteiger partial charge in [0, 0.05) is 0 Å². The van der Waals surface area contributed by atoms with Gasteiger partial charge in [0.15, 0.2) is 0 Å². The molecule has 0 saturated heterocycles. The Bertz CT molecular complexity index is 1160. The average molecular weight is 823 g/mol. The third-order valence-electron chi connectivity index (χ3n) is 8.24. The molecule has 0 N–H and O–H groups in total. The maximum Gasteiger partial charge on any atom is 0.261 e. The van der Waals surface area contributed by atoms with E-state index in [4.69, 9.17) is 67.7 Å². The third kappa shape index (κ3) is 25.0. The van der Waals surface area contributed by atoms with Gasteiger partial charge in [-0.05, 0) is 15.4 Å². The van der Waals surface area contributed by atoms with Crippen molar-refractivity contribution in [3.63, 3.8) is 0 Å². The molecule has 0 saturated carbocycles. The SMILES string of the molecule is C#CCOCCOCCOCCOCCOCCOCCOCCOCCOCCOCCOCCOCCO[Si](c1ccccc1)(c1ccccc1)C(C)(C)C. The molecule has 0 aliphatic heterocycles. The van der Waals surface area contributed by atoms with Crippen LogP contribution in [0, 0.1) is 12.3 Å². The zero-order valence-electron chi connectivity index (χ0n) is 34.8. The summed E-state index contributed by atoms with van der Waals surface area (Å²) in [7, 11) is -2.54. The molecule has 13 nitrogen and oxygen atoms in total. The van der Waals surface area contributed by atoms with Crippen LogP contribution in [0.4, 0.5) is 0 Å². The highest BCUT2D eigenvalue weighted by Crippen LogP contribution is 2.36. The first-order valence-corrected chi connectivity index (χ1v) is 22.0. The largest absolute Gasteiger partial charge is 0.405 e. The van der Waals surface area contributed by atoms with Crippen molar-refractivity contribution >= 4 is 18.7 Å². The summed E-state index contributed by atoms with van der Waals surface area (Å²) in [6, 6.07) is 21.3. The van der Waals surface area contributed by atoms with Gasteiger partial charge in [0.1, 0.15) is 6.61 Å². The highest BCUT2D eigenvalue weighted by molar-refractivity contribution is 6.99. The molecule has 2 rings (SSSR count). The average Bonchev–Trinajstić information content (AvgIpc) is 3.22. The first-order valence-electron chi connectivity index (χ1n) is 20.1. The molecule has 14 heteroatoms. The fraction of sp³-hybridized carbons (Fsp3) is 0.674. The Labute approximate surface area is 343 Å². The lowest BCUT2D eigenvalue weighted by Crippen LogP contribution is -2.66. The second-order valence-corrected chi connectivity index (χ2v) is 17.8. The zero-order chi connectivity index (χ0) is 40.8. The minimum Gasteiger partial charge on any atom is -0.405 e. The Morgan fingerprint density at radius 2 is 0.596 bits per heavy atom. The van der Waals surface area contributed by atoms with Gasteiger partial charge < -0.3 is 61.3 Å². The summed E-state index contributed by atoms with van der Waals surface area (Å²) in [6.45, 7) is 19.2. The Morgan fingerprint density at radius 1 is 0.368 bits per heavy atom. The van der Waals surface area contributed by atoms with E-state index in [-0.39, 0.29) is 5.04 Å². The monoisotopic (exact) mass is 822 g/mol. The lowest BCUT2D eigenvalue weighted by Gasteiger charge is -2.43. The first-order chi connectivity index (χ1) is 28.0. The molecule has 57 heavy (non-hydrogen) atoms. The quantitative estimate of drug-likeness (QED) is 0.0556. The number of benzene rings is 2. The Hall–Kier alpha value is -2.30. The van der Waals surface area contributed by atoms with Crippen molar-refractivity contribution in [1.82, 2.24) is 0 Å². The highest BCUT2D eigenvalue weighted by Gasteiger charge is 2.50. The molecular formula is C43H70O13Si. The second kappa shape index (κ2) is 35.6. The summed E-state index contributed by atoms with van der Waals surface area (Å²) in [6.07, 6.45) is 5.09. The first kappa shape index (κ1) is 50.8. The molecule has 0 bridgehead atoms. The summed E-state index contributed by atoms with van der Waals surface area (Å²) in [4.78, 5) is 0. The van der Waals surface area contributed by atoms with Gasteiger partial charge in [-0.15, -0.1) is 6.42 Å². The van der Waals surface area contributed by atoms with Crippen LogP contribution < -0.4 is 10.4 Å². The van der Waals surface area contributed by atoms with Crippen molar-refractivity contribution < 1.29 is 61.3 Å². The van der Waals surface area contributed by atoms with Crippen LogP contribution in [0.1, 0.15) is 20.8 Å². The van der Waals surface area contributed by atoms with Gasteiger partial charge in [-0.3, -0.25) is 0 Å². The van der Waals surface area contributed by atoms with Gasteiger partial charge in [0.25, 0.3) is 8.32 Å². The highest BCUT2D eigenvalue weighted by atomic mass is 28.4. The molecule has 0 aliphatic rings. The number of ether oxygens (including phenoxy) is 12. The standard InChI is InChI=1S/C43H70O13Si/c1-5-16-44-17-18-45-19-20-46-21-22-47-23-24-48-25-26-49-27-28-50-29-30-51-31-32-52-33-34-53-35-36-54-37-38-55-39-40-56-57(43(2,3)4,41-12-8-6-9-13-41)42-14-10-7-11-15-42/h1,6-15H,16-40H2,2-4H3. The normalized spacial score (nSPS) is 12.0. The van der Waals surface area contributed by atoms with Crippen LogP contribution in [0.15, 0.2) is 60.7 Å². The summed E-state index contributed by atoms with van der Waals surface area (Å²) in [5.41, 5.74) is 0. The van der Waals surface area contributed by atoms with Crippen molar-refractivity contribution in [3.05, 3.63) is 60.7 Å². The molecule has 0 aromatic heterocycles. The molecule has 0 unspecified atom stereocenters. The van der Waals surface area contributed by atoms with Crippen molar-refractivity contribution in [3.8, 4) is 12.3 Å². The van der Waals surface area contributed by atoms with Crippen LogP contribution in [-0.2, 0) is 61.3 Å². The van der Waals surface area contributed by atoms with E-state index in [1.807, 2.05) is 0 Å². The van der Waals surface area contributed by atoms with Crippen molar-refractivity contribution in [2.24, 2.45) is 0 Å². The number of hydrogen-bond donors (Lipinski definition) is 0. The Morgan fingerprint density at radius 3 is 0.825 bits per heavy atom. The van der Waals surface area contributed by atoms with Crippen LogP contribution >= 0.6 is 0 Å². The van der Waals surface area contributed by atoms with Gasteiger partial charge in [-0.2, -0.15) is 0 Å². The van der Waals surface area contributed by atoms with Crippen molar-refractivity contribution in [2.45, 2.75) is 25.8 Å². The van der Waals surface area contributed by atoms with E-state index < -0.39 is 8.32 Å². The summed E-state index contributed by atoms with van der Waals surface area (Å²) < 4.78 is 72.9. The van der Waals surface area contributed by atoms with Gasteiger partial charge >= 0.3 is 0 Å². The molecule has 0 radical (unpaired) electrons. The van der Waals surface area contributed by atoms with Crippen LogP contribution in [-0.4, -0.2) is 173 Å². The number of terminal acetylenes is 1. The predicted octanol–water partition coefficient (Wildman–Crippen LogP) is 3.40. The van der Waals surface area contributed by atoms with Crippen molar-refractivity contribution in [2.75, 3.05) is 165 Å². The summed E-state index contributed by atoms with van der Waals surface area (Å²) >= 11 is 0. The predicted molar refractivity (Wildman–Crippen MR) is 222 cm³/mol. The molecule has 0 spiro atoms. The lowest BCUT2D eigenvalue weighted by atomic mass is 10.2. The molecule has 0 heterocycles. The minimum absolute atomic E-state index is 0.0593. The van der Waals surface area contributed by atoms with Crippen LogP contribution in [0.3, 0.4) is 0 Å². The Kier molecular flexibility index (Phi) is 31.8. The van der Waals surface area contributed by atoms with E-state index in [9.17, 15) is 0 Å². The number of rotatable bonds is 40. The topological polar surface area (TPSA) is 120 Å². The van der Waals surface area contributed by atoms with E-state index in [0.717, 1.165) is 0 Å².